The second kappa shape index (κ2) is 6.11. The molecule has 0 saturated carbocycles. The first-order chi connectivity index (χ1) is 9.88. The first kappa shape index (κ1) is 13.2. The van der Waals surface area contributed by atoms with E-state index >= 15 is 0 Å². The van der Waals surface area contributed by atoms with Crippen LogP contribution >= 0.6 is 0 Å². The Morgan fingerprint density at radius 3 is 2.75 bits per heavy atom. The average molecular weight is 269 g/mol. The lowest BCUT2D eigenvalue weighted by Gasteiger charge is -2.19. The number of nitrogens with zero attached hydrogens (tertiary/aromatic N) is 2. The lowest BCUT2D eigenvalue weighted by Crippen LogP contribution is -2.23. The predicted octanol–water partition coefficient (Wildman–Crippen LogP) is 2.60. The second-order valence-electron chi connectivity index (χ2n) is 5.08. The molecule has 1 aliphatic rings. The number of ether oxygens (including phenoxy) is 1. The molecule has 1 aromatic carbocycles. The van der Waals surface area contributed by atoms with Gasteiger partial charge in [0, 0.05) is 18.0 Å². The van der Waals surface area contributed by atoms with Crippen molar-refractivity contribution in [3.8, 4) is 0 Å². The third-order valence-electron chi connectivity index (χ3n) is 3.59. The fraction of sp³-hybridized carbons (Fsp3) is 0.375. The molecule has 0 bridgehead atoms. The number of fused-ring (bicyclic) bond motifs is 1. The minimum atomic E-state index is 0.141. The third-order valence-corrected chi connectivity index (χ3v) is 3.59. The van der Waals surface area contributed by atoms with Crippen LogP contribution in [0.4, 0.5) is 0 Å². The van der Waals surface area contributed by atoms with Crippen LogP contribution in [0.1, 0.15) is 41.6 Å². The van der Waals surface area contributed by atoms with E-state index in [1.165, 1.54) is 16.7 Å². The zero-order valence-electron chi connectivity index (χ0n) is 11.7. The molecule has 1 aliphatic heterocycles. The molecule has 3 rings (SSSR count). The van der Waals surface area contributed by atoms with Gasteiger partial charge in [-0.2, -0.15) is 0 Å². The molecule has 0 saturated heterocycles. The van der Waals surface area contributed by atoms with E-state index in [4.69, 9.17) is 4.74 Å². The minimum absolute atomic E-state index is 0.141. The smallest absolute Gasteiger partial charge is 0.115 e. The molecular weight excluding hydrogens is 250 g/mol. The van der Waals surface area contributed by atoms with Crippen LogP contribution in [-0.4, -0.2) is 16.5 Å². The lowest BCUT2D eigenvalue weighted by molar-refractivity contribution is 0.134. The van der Waals surface area contributed by atoms with Gasteiger partial charge in [0.25, 0.3) is 0 Å². The molecule has 1 N–H and O–H groups in total. The first-order valence-electron chi connectivity index (χ1n) is 7.06. The number of benzene rings is 1. The van der Waals surface area contributed by atoms with Crippen LogP contribution in [0.2, 0.25) is 0 Å². The topological polar surface area (TPSA) is 47.0 Å². The molecule has 2 aromatic rings. The summed E-state index contributed by atoms with van der Waals surface area (Å²) in [4.78, 5) is 8.27. The maximum atomic E-state index is 5.49. The Labute approximate surface area is 119 Å². The van der Waals surface area contributed by atoms with Crippen LogP contribution in [0.5, 0.6) is 0 Å². The predicted molar refractivity (Wildman–Crippen MR) is 77.1 cm³/mol. The molecule has 0 fully saturated rings. The van der Waals surface area contributed by atoms with Gasteiger partial charge in [-0.25, -0.2) is 9.97 Å². The Morgan fingerprint density at radius 1 is 1.15 bits per heavy atom. The van der Waals surface area contributed by atoms with Crippen LogP contribution in [0, 0.1) is 0 Å². The van der Waals surface area contributed by atoms with Crippen molar-refractivity contribution in [2.45, 2.75) is 32.6 Å². The summed E-state index contributed by atoms with van der Waals surface area (Å²) in [7, 11) is 0. The monoisotopic (exact) mass is 269 g/mol. The standard InChI is InChI=1S/C16H19N3O/c1-2-5-19-16(15-7-17-11-18-8-15)12-3-4-13-9-20-10-14(13)6-12/h3-4,6-8,11,16,19H,2,5,9-10H2,1H3. The molecule has 1 atom stereocenters. The van der Waals surface area contributed by atoms with E-state index in [9.17, 15) is 0 Å². The van der Waals surface area contributed by atoms with Gasteiger partial charge >= 0.3 is 0 Å². The molecular formula is C16H19N3O. The molecule has 0 radical (unpaired) electrons. The molecule has 4 heteroatoms. The van der Waals surface area contributed by atoms with E-state index in [2.05, 4.69) is 40.4 Å². The van der Waals surface area contributed by atoms with Gasteiger partial charge in [0.05, 0.1) is 19.3 Å². The van der Waals surface area contributed by atoms with Crippen molar-refractivity contribution in [1.82, 2.24) is 15.3 Å². The van der Waals surface area contributed by atoms with Gasteiger partial charge in [-0.15, -0.1) is 0 Å². The molecule has 0 aliphatic carbocycles. The maximum Gasteiger partial charge on any atom is 0.115 e. The summed E-state index contributed by atoms with van der Waals surface area (Å²) in [5.41, 5.74) is 4.94. The highest BCUT2D eigenvalue weighted by atomic mass is 16.5. The molecule has 0 spiro atoms. The molecule has 2 heterocycles. The average Bonchev–Trinajstić information content (AvgIpc) is 2.96. The Morgan fingerprint density at radius 2 is 1.95 bits per heavy atom. The molecule has 1 aromatic heterocycles. The molecule has 4 nitrogen and oxygen atoms in total. The summed E-state index contributed by atoms with van der Waals surface area (Å²) in [6.45, 7) is 4.58. The van der Waals surface area contributed by atoms with Gasteiger partial charge in [0.15, 0.2) is 0 Å². The van der Waals surface area contributed by atoms with E-state index in [0.29, 0.717) is 0 Å². The van der Waals surface area contributed by atoms with E-state index in [-0.39, 0.29) is 6.04 Å². The van der Waals surface area contributed by atoms with Crippen LogP contribution in [0.25, 0.3) is 0 Å². The first-order valence-corrected chi connectivity index (χ1v) is 7.06. The van der Waals surface area contributed by atoms with E-state index < -0.39 is 0 Å². The quantitative estimate of drug-likeness (QED) is 0.906. The number of rotatable bonds is 5. The van der Waals surface area contributed by atoms with Gasteiger partial charge in [0.1, 0.15) is 6.33 Å². The zero-order chi connectivity index (χ0) is 13.8. The van der Waals surface area contributed by atoms with Crippen molar-refractivity contribution >= 4 is 0 Å². The summed E-state index contributed by atoms with van der Waals surface area (Å²) >= 11 is 0. The van der Waals surface area contributed by atoms with Crippen LogP contribution < -0.4 is 5.32 Å². The number of nitrogens with one attached hydrogen (secondary N) is 1. The highest BCUT2D eigenvalue weighted by Gasteiger charge is 2.17. The molecule has 0 amide bonds. The summed E-state index contributed by atoms with van der Waals surface area (Å²) in [5, 5.41) is 3.57. The number of hydrogen-bond acceptors (Lipinski definition) is 4. The van der Waals surface area contributed by atoms with E-state index in [1.807, 2.05) is 12.4 Å². The van der Waals surface area contributed by atoms with Gasteiger partial charge < -0.3 is 10.1 Å². The van der Waals surface area contributed by atoms with E-state index in [1.54, 1.807) is 6.33 Å². The Kier molecular flexibility index (Phi) is 4.04. The minimum Gasteiger partial charge on any atom is -0.372 e. The van der Waals surface area contributed by atoms with Crippen molar-refractivity contribution in [1.29, 1.82) is 0 Å². The summed E-state index contributed by atoms with van der Waals surface area (Å²) in [5.74, 6) is 0. The van der Waals surface area contributed by atoms with Crippen LogP contribution in [0.15, 0.2) is 36.9 Å². The molecule has 104 valence electrons. The van der Waals surface area contributed by atoms with Crippen LogP contribution in [0.3, 0.4) is 0 Å². The molecule has 1 unspecified atom stereocenters. The van der Waals surface area contributed by atoms with Crippen molar-refractivity contribution in [2.24, 2.45) is 0 Å². The highest BCUT2D eigenvalue weighted by Crippen LogP contribution is 2.27. The fourth-order valence-electron chi connectivity index (χ4n) is 2.55. The Balaban J connectivity index is 1.92. The van der Waals surface area contributed by atoms with Gasteiger partial charge in [-0.1, -0.05) is 25.1 Å². The normalized spacial score (nSPS) is 15.1. The second-order valence-corrected chi connectivity index (χ2v) is 5.08. The highest BCUT2D eigenvalue weighted by molar-refractivity contribution is 5.37. The largest absolute Gasteiger partial charge is 0.372 e. The van der Waals surface area contributed by atoms with Gasteiger partial charge in [0.2, 0.25) is 0 Å². The van der Waals surface area contributed by atoms with Gasteiger partial charge in [-0.05, 0) is 29.7 Å². The summed E-state index contributed by atoms with van der Waals surface area (Å²) in [6.07, 6.45) is 6.42. The van der Waals surface area contributed by atoms with Crippen molar-refractivity contribution in [2.75, 3.05) is 6.54 Å². The maximum absolute atomic E-state index is 5.49. The lowest BCUT2D eigenvalue weighted by atomic mass is 9.97. The Hall–Kier alpha value is -1.78. The van der Waals surface area contributed by atoms with Crippen molar-refractivity contribution in [3.05, 3.63) is 59.2 Å². The summed E-state index contributed by atoms with van der Waals surface area (Å²) < 4.78 is 5.49. The van der Waals surface area contributed by atoms with Gasteiger partial charge in [-0.3, -0.25) is 0 Å². The third kappa shape index (κ3) is 2.71. The number of aromatic nitrogens is 2. The van der Waals surface area contributed by atoms with E-state index in [0.717, 1.165) is 31.7 Å². The summed E-state index contributed by atoms with van der Waals surface area (Å²) in [6, 6.07) is 6.72. The number of hydrogen-bond donors (Lipinski definition) is 1. The SMILES string of the molecule is CCCNC(c1cncnc1)c1ccc2c(c1)COC2. The van der Waals surface area contributed by atoms with Crippen molar-refractivity contribution in [3.63, 3.8) is 0 Å². The Bertz CT molecular complexity index is 571. The fourth-order valence-corrected chi connectivity index (χ4v) is 2.55. The van der Waals surface area contributed by atoms with Crippen LogP contribution in [-0.2, 0) is 18.0 Å². The zero-order valence-corrected chi connectivity index (χ0v) is 11.7. The molecule has 20 heavy (non-hydrogen) atoms. The van der Waals surface area contributed by atoms with Crippen molar-refractivity contribution < 1.29 is 4.74 Å².